The van der Waals surface area contributed by atoms with Crippen LogP contribution in [0.15, 0.2) is 12.1 Å². The molecule has 0 aromatic carbocycles. The van der Waals surface area contributed by atoms with E-state index in [2.05, 4.69) is 10.3 Å². The van der Waals surface area contributed by atoms with Crippen LogP contribution in [0.1, 0.15) is 48.7 Å². The summed E-state index contributed by atoms with van der Waals surface area (Å²) in [7, 11) is 0. The SMILES string of the molecule is CC(C)c1cc(C(=O)NCCCC#N)cc(Cl)n1. The van der Waals surface area contributed by atoms with Gasteiger partial charge in [-0.05, 0) is 24.5 Å². The van der Waals surface area contributed by atoms with Gasteiger partial charge in [-0.2, -0.15) is 5.26 Å². The van der Waals surface area contributed by atoms with E-state index >= 15 is 0 Å². The van der Waals surface area contributed by atoms with Gasteiger partial charge in [0.05, 0.1) is 6.07 Å². The Hall–Kier alpha value is -1.60. The van der Waals surface area contributed by atoms with Gasteiger partial charge in [0.15, 0.2) is 0 Å². The number of carbonyl (C=O) groups is 1. The van der Waals surface area contributed by atoms with Crippen molar-refractivity contribution in [3.63, 3.8) is 0 Å². The molecule has 1 rings (SSSR count). The first-order chi connectivity index (χ1) is 8.54. The second-order valence-corrected chi connectivity index (χ2v) is 4.66. The molecule has 0 atom stereocenters. The highest BCUT2D eigenvalue weighted by molar-refractivity contribution is 6.29. The Labute approximate surface area is 112 Å². The van der Waals surface area contributed by atoms with Crippen molar-refractivity contribution in [2.75, 3.05) is 6.54 Å². The van der Waals surface area contributed by atoms with Gasteiger partial charge in [0.2, 0.25) is 0 Å². The number of aromatic nitrogens is 1. The summed E-state index contributed by atoms with van der Waals surface area (Å²) in [5, 5.41) is 11.5. The minimum atomic E-state index is -0.181. The molecule has 0 unspecified atom stereocenters. The van der Waals surface area contributed by atoms with Crippen molar-refractivity contribution in [1.82, 2.24) is 10.3 Å². The van der Waals surface area contributed by atoms with Crippen LogP contribution in [0.5, 0.6) is 0 Å². The Kier molecular flexibility index (Phi) is 5.60. The van der Waals surface area contributed by atoms with E-state index in [-0.39, 0.29) is 11.8 Å². The molecule has 0 radical (unpaired) electrons. The third kappa shape index (κ3) is 4.34. The molecule has 1 N–H and O–H groups in total. The number of rotatable bonds is 5. The van der Waals surface area contributed by atoms with Gasteiger partial charge in [-0.1, -0.05) is 25.4 Å². The van der Waals surface area contributed by atoms with E-state index in [4.69, 9.17) is 16.9 Å². The summed E-state index contributed by atoms with van der Waals surface area (Å²) < 4.78 is 0. The highest BCUT2D eigenvalue weighted by Crippen LogP contribution is 2.17. The molecule has 18 heavy (non-hydrogen) atoms. The maximum absolute atomic E-state index is 11.9. The van der Waals surface area contributed by atoms with E-state index in [0.717, 1.165) is 5.69 Å². The summed E-state index contributed by atoms with van der Waals surface area (Å²) >= 11 is 5.89. The zero-order chi connectivity index (χ0) is 13.5. The van der Waals surface area contributed by atoms with E-state index in [0.29, 0.717) is 30.1 Å². The summed E-state index contributed by atoms with van der Waals surface area (Å²) in [6, 6.07) is 5.33. The van der Waals surface area contributed by atoms with Crippen LogP contribution in [0, 0.1) is 11.3 Å². The van der Waals surface area contributed by atoms with Gasteiger partial charge in [-0.15, -0.1) is 0 Å². The summed E-state index contributed by atoms with van der Waals surface area (Å²) in [6.45, 7) is 4.48. The lowest BCUT2D eigenvalue weighted by Gasteiger charge is -2.08. The van der Waals surface area contributed by atoms with Crippen LogP contribution in [0.4, 0.5) is 0 Å². The zero-order valence-corrected chi connectivity index (χ0v) is 11.3. The van der Waals surface area contributed by atoms with E-state index in [1.165, 1.54) is 0 Å². The zero-order valence-electron chi connectivity index (χ0n) is 10.5. The molecule has 1 aromatic heterocycles. The number of unbranched alkanes of at least 4 members (excludes halogenated alkanes) is 1. The molecule has 0 aliphatic heterocycles. The number of nitrogens with one attached hydrogen (secondary N) is 1. The van der Waals surface area contributed by atoms with E-state index < -0.39 is 0 Å². The van der Waals surface area contributed by atoms with Crippen LogP contribution >= 0.6 is 11.6 Å². The van der Waals surface area contributed by atoms with Gasteiger partial charge in [0.1, 0.15) is 5.15 Å². The second-order valence-electron chi connectivity index (χ2n) is 4.28. The smallest absolute Gasteiger partial charge is 0.251 e. The maximum Gasteiger partial charge on any atom is 0.251 e. The van der Waals surface area contributed by atoms with Crippen molar-refractivity contribution in [3.05, 3.63) is 28.5 Å². The van der Waals surface area contributed by atoms with E-state index in [9.17, 15) is 4.79 Å². The molecule has 0 saturated carbocycles. The van der Waals surface area contributed by atoms with Crippen molar-refractivity contribution >= 4 is 17.5 Å². The molecule has 1 aromatic rings. The quantitative estimate of drug-likeness (QED) is 0.658. The Balaban J connectivity index is 2.71. The van der Waals surface area contributed by atoms with Gasteiger partial charge < -0.3 is 5.32 Å². The normalized spacial score (nSPS) is 10.2. The molecule has 0 aliphatic rings. The predicted octanol–water partition coefficient (Wildman–Crippen LogP) is 2.89. The van der Waals surface area contributed by atoms with Crippen LogP contribution in [0.2, 0.25) is 5.15 Å². The number of pyridine rings is 1. The Morgan fingerprint density at radius 3 is 2.89 bits per heavy atom. The lowest BCUT2D eigenvalue weighted by molar-refractivity contribution is 0.0953. The van der Waals surface area contributed by atoms with Gasteiger partial charge in [-0.25, -0.2) is 4.98 Å². The molecule has 0 spiro atoms. The fourth-order valence-corrected chi connectivity index (χ4v) is 1.63. The average Bonchev–Trinajstić information content (AvgIpc) is 2.33. The molecule has 0 fully saturated rings. The Bertz CT molecular complexity index is 466. The third-order valence-electron chi connectivity index (χ3n) is 2.42. The molecule has 96 valence electrons. The first-order valence-corrected chi connectivity index (χ1v) is 6.25. The summed E-state index contributed by atoms with van der Waals surface area (Å²) in [5.74, 6) is 0.0352. The summed E-state index contributed by atoms with van der Waals surface area (Å²) in [6.07, 6.45) is 1.09. The monoisotopic (exact) mass is 265 g/mol. The fraction of sp³-hybridized carbons (Fsp3) is 0.462. The highest BCUT2D eigenvalue weighted by Gasteiger charge is 2.10. The maximum atomic E-state index is 11.9. The summed E-state index contributed by atoms with van der Waals surface area (Å²) in [5.41, 5.74) is 1.31. The Morgan fingerprint density at radius 1 is 1.56 bits per heavy atom. The van der Waals surface area contributed by atoms with Crippen molar-refractivity contribution in [3.8, 4) is 6.07 Å². The first-order valence-electron chi connectivity index (χ1n) is 5.87. The largest absolute Gasteiger partial charge is 0.352 e. The molecular formula is C13H16ClN3O. The minimum absolute atomic E-state index is 0.181. The average molecular weight is 266 g/mol. The number of amides is 1. The van der Waals surface area contributed by atoms with E-state index in [1.807, 2.05) is 19.9 Å². The molecule has 0 bridgehead atoms. The van der Waals surface area contributed by atoms with Crippen molar-refractivity contribution in [2.24, 2.45) is 0 Å². The topological polar surface area (TPSA) is 65.8 Å². The highest BCUT2D eigenvalue weighted by atomic mass is 35.5. The number of hydrogen-bond acceptors (Lipinski definition) is 3. The lowest BCUT2D eigenvalue weighted by Crippen LogP contribution is -2.24. The number of halogens is 1. The first kappa shape index (κ1) is 14.5. The van der Waals surface area contributed by atoms with Crippen LogP contribution in [-0.4, -0.2) is 17.4 Å². The number of nitrogens with zero attached hydrogens (tertiary/aromatic N) is 2. The predicted molar refractivity (Wildman–Crippen MR) is 70.5 cm³/mol. The number of carbonyl (C=O) groups excluding carboxylic acids is 1. The molecular weight excluding hydrogens is 250 g/mol. The van der Waals surface area contributed by atoms with Gasteiger partial charge in [0.25, 0.3) is 5.91 Å². The van der Waals surface area contributed by atoms with Gasteiger partial charge >= 0.3 is 0 Å². The van der Waals surface area contributed by atoms with Crippen molar-refractivity contribution in [1.29, 1.82) is 5.26 Å². The number of hydrogen-bond donors (Lipinski definition) is 1. The Morgan fingerprint density at radius 2 is 2.28 bits per heavy atom. The van der Waals surface area contributed by atoms with E-state index in [1.54, 1.807) is 12.1 Å². The molecule has 5 heteroatoms. The van der Waals surface area contributed by atoms with Gasteiger partial charge in [0, 0.05) is 24.2 Å². The van der Waals surface area contributed by atoms with Crippen LogP contribution in [0.3, 0.4) is 0 Å². The molecule has 0 saturated heterocycles. The number of nitriles is 1. The van der Waals surface area contributed by atoms with Crippen LogP contribution < -0.4 is 5.32 Å². The van der Waals surface area contributed by atoms with Crippen LogP contribution in [0.25, 0.3) is 0 Å². The van der Waals surface area contributed by atoms with Crippen LogP contribution in [-0.2, 0) is 0 Å². The molecule has 4 nitrogen and oxygen atoms in total. The lowest BCUT2D eigenvalue weighted by atomic mass is 10.1. The summed E-state index contributed by atoms with van der Waals surface area (Å²) in [4.78, 5) is 16.0. The second kappa shape index (κ2) is 6.97. The van der Waals surface area contributed by atoms with Crippen molar-refractivity contribution in [2.45, 2.75) is 32.6 Å². The van der Waals surface area contributed by atoms with Gasteiger partial charge in [-0.3, -0.25) is 4.79 Å². The minimum Gasteiger partial charge on any atom is -0.352 e. The standard InChI is InChI=1S/C13H16ClN3O/c1-9(2)11-7-10(8-12(14)17-11)13(18)16-6-4-3-5-15/h7-9H,3-4,6H2,1-2H3,(H,16,18). The molecule has 0 aliphatic carbocycles. The third-order valence-corrected chi connectivity index (χ3v) is 2.61. The molecule has 1 amide bonds. The molecule has 1 heterocycles. The van der Waals surface area contributed by atoms with Crippen molar-refractivity contribution < 1.29 is 4.79 Å². The fourth-order valence-electron chi connectivity index (χ4n) is 1.42.